The van der Waals surface area contributed by atoms with Crippen molar-refractivity contribution in [2.45, 2.75) is 4.21 Å². The molecule has 3 nitrogen and oxygen atoms in total. The van der Waals surface area contributed by atoms with E-state index in [2.05, 4.69) is 0 Å². The van der Waals surface area contributed by atoms with Gasteiger partial charge in [-0.25, -0.2) is 13.6 Å². The molecule has 2 rings (SSSR count). The fourth-order valence-corrected chi connectivity index (χ4v) is 3.54. The molecule has 0 aliphatic heterocycles. The zero-order valence-corrected chi connectivity index (χ0v) is 10.3. The van der Waals surface area contributed by atoms with E-state index in [0.29, 0.717) is 20.1 Å². The number of primary sulfonamides is 1. The van der Waals surface area contributed by atoms with Crippen LogP contribution in [0.5, 0.6) is 0 Å². The molecule has 0 aliphatic carbocycles. The van der Waals surface area contributed by atoms with Gasteiger partial charge < -0.3 is 0 Å². The monoisotopic (exact) mass is 281 g/mol. The van der Waals surface area contributed by atoms with Crippen molar-refractivity contribution in [3.8, 4) is 0 Å². The van der Waals surface area contributed by atoms with Gasteiger partial charge in [-0.15, -0.1) is 11.3 Å². The maximum Gasteiger partial charge on any atom is 0.247 e. The van der Waals surface area contributed by atoms with Gasteiger partial charge in [-0.1, -0.05) is 23.2 Å². The highest BCUT2D eigenvalue weighted by Crippen LogP contribution is 2.37. The number of thiophene rings is 1. The Balaban J connectivity index is 2.87. The second kappa shape index (κ2) is 3.61. The fraction of sp³-hybridized carbons (Fsp3) is 0. The van der Waals surface area contributed by atoms with Crippen LogP contribution in [0.2, 0.25) is 10.0 Å². The minimum atomic E-state index is -3.70. The predicted molar refractivity (Wildman–Crippen MR) is 63.2 cm³/mol. The number of hydrogen-bond donors (Lipinski definition) is 1. The number of hydrogen-bond acceptors (Lipinski definition) is 3. The van der Waals surface area contributed by atoms with Gasteiger partial charge in [0.1, 0.15) is 4.21 Å². The lowest BCUT2D eigenvalue weighted by Gasteiger charge is -1.94. The van der Waals surface area contributed by atoms with Crippen molar-refractivity contribution >= 4 is 54.6 Å². The lowest BCUT2D eigenvalue weighted by Crippen LogP contribution is -2.09. The van der Waals surface area contributed by atoms with Crippen LogP contribution in [-0.2, 0) is 10.0 Å². The van der Waals surface area contributed by atoms with Crippen molar-refractivity contribution in [1.82, 2.24) is 0 Å². The molecule has 2 N–H and O–H groups in total. The maximum atomic E-state index is 11.1. The Labute approximate surface area is 100 Å². The van der Waals surface area contributed by atoms with Crippen LogP contribution in [-0.4, -0.2) is 8.42 Å². The molecule has 0 aliphatic rings. The summed E-state index contributed by atoms with van der Waals surface area (Å²) in [6.45, 7) is 0. The highest BCUT2D eigenvalue weighted by atomic mass is 35.5. The Kier molecular flexibility index (Phi) is 2.68. The van der Waals surface area contributed by atoms with Crippen LogP contribution in [0.3, 0.4) is 0 Å². The Morgan fingerprint density at radius 1 is 1.20 bits per heavy atom. The van der Waals surface area contributed by atoms with Crippen LogP contribution < -0.4 is 5.14 Å². The molecule has 0 saturated heterocycles. The molecule has 0 unspecified atom stereocenters. The van der Waals surface area contributed by atoms with Crippen molar-refractivity contribution in [2.75, 3.05) is 0 Å². The standard InChI is InChI=1S/C8H5Cl2NO2S2/c9-5-1-2-6(10)8-4(5)3-7(14-8)15(11,12)13/h1-3H,(H2,11,12,13). The summed E-state index contributed by atoms with van der Waals surface area (Å²) in [7, 11) is -3.70. The normalized spacial score (nSPS) is 12.2. The van der Waals surface area contributed by atoms with Crippen LogP contribution in [0.4, 0.5) is 0 Å². The molecule has 0 spiro atoms. The van der Waals surface area contributed by atoms with E-state index < -0.39 is 10.0 Å². The van der Waals surface area contributed by atoms with Gasteiger partial charge in [0.25, 0.3) is 0 Å². The van der Waals surface area contributed by atoms with E-state index in [1.54, 1.807) is 12.1 Å². The van der Waals surface area contributed by atoms with E-state index in [0.717, 1.165) is 11.3 Å². The molecule has 0 atom stereocenters. The van der Waals surface area contributed by atoms with Crippen molar-refractivity contribution in [3.05, 3.63) is 28.2 Å². The number of nitrogens with two attached hydrogens (primary N) is 1. The third-order valence-corrected chi connectivity index (χ3v) is 5.19. The molecule has 80 valence electrons. The summed E-state index contributed by atoms with van der Waals surface area (Å²) in [5.74, 6) is 0. The van der Waals surface area contributed by atoms with E-state index in [-0.39, 0.29) is 4.21 Å². The first-order valence-corrected chi connectivity index (χ1v) is 6.92. The van der Waals surface area contributed by atoms with Gasteiger partial charge in [-0.2, -0.15) is 0 Å². The molecule has 2 aromatic rings. The van der Waals surface area contributed by atoms with E-state index in [9.17, 15) is 8.42 Å². The van der Waals surface area contributed by atoms with E-state index in [1.807, 2.05) is 0 Å². The summed E-state index contributed by atoms with van der Waals surface area (Å²) in [5, 5.41) is 6.55. The van der Waals surface area contributed by atoms with E-state index >= 15 is 0 Å². The van der Waals surface area contributed by atoms with Gasteiger partial charge in [-0.3, -0.25) is 0 Å². The summed E-state index contributed by atoms with van der Waals surface area (Å²) in [5.41, 5.74) is 0. The Bertz CT molecular complexity index is 594. The second-order valence-electron chi connectivity index (χ2n) is 2.88. The predicted octanol–water partition coefficient (Wildman–Crippen LogP) is 2.86. The number of sulfonamides is 1. The molecular formula is C8H5Cl2NO2S2. The van der Waals surface area contributed by atoms with Crippen LogP contribution in [0.1, 0.15) is 0 Å². The van der Waals surface area contributed by atoms with Crippen molar-refractivity contribution in [1.29, 1.82) is 0 Å². The minimum absolute atomic E-state index is 0.0625. The fourth-order valence-electron chi connectivity index (χ4n) is 1.18. The first kappa shape index (κ1) is 11.2. The third-order valence-electron chi connectivity index (χ3n) is 1.84. The molecule has 1 heterocycles. The van der Waals surface area contributed by atoms with Gasteiger partial charge in [0, 0.05) is 10.4 Å². The van der Waals surface area contributed by atoms with E-state index in [1.165, 1.54) is 6.07 Å². The first-order valence-electron chi connectivity index (χ1n) is 3.80. The summed E-state index contributed by atoms with van der Waals surface area (Å²) < 4.78 is 22.9. The quantitative estimate of drug-likeness (QED) is 0.874. The van der Waals surface area contributed by atoms with Crippen LogP contribution >= 0.6 is 34.5 Å². The molecule has 1 aromatic carbocycles. The SMILES string of the molecule is NS(=O)(=O)c1cc2c(Cl)ccc(Cl)c2s1. The molecular weight excluding hydrogens is 277 g/mol. The Morgan fingerprint density at radius 2 is 1.80 bits per heavy atom. The molecule has 0 saturated carbocycles. The highest BCUT2D eigenvalue weighted by Gasteiger charge is 2.15. The number of fused-ring (bicyclic) bond motifs is 1. The van der Waals surface area contributed by atoms with Gasteiger partial charge in [0.15, 0.2) is 0 Å². The lowest BCUT2D eigenvalue weighted by atomic mass is 10.3. The van der Waals surface area contributed by atoms with Gasteiger partial charge in [0.05, 0.1) is 9.72 Å². The number of halogens is 2. The average Bonchev–Trinajstić information content (AvgIpc) is 2.56. The highest BCUT2D eigenvalue weighted by molar-refractivity contribution is 7.91. The number of rotatable bonds is 1. The third kappa shape index (κ3) is 1.98. The zero-order valence-electron chi connectivity index (χ0n) is 7.20. The summed E-state index contributed by atoms with van der Waals surface area (Å²) in [4.78, 5) is 0. The molecule has 0 amide bonds. The smallest absolute Gasteiger partial charge is 0.224 e. The largest absolute Gasteiger partial charge is 0.247 e. The topological polar surface area (TPSA) is 60.2 Å². The first-order chi connectivity index (χ1) is 6.89. The molecule has 0 fully saturated rings. The average molecular weight is 282 g/mol. The van der Waals surface area contributed by atoms with Gasteiger partial charge >= 0.3 is 0 Å². The van der Waals surface area contributed by atoms with Crippen LogP contribution in [0, 0.1) is 0 Å². The summed E-state index contributed by atoms with van der Waals surface area (Å²) >= 11 is 12.8. The molecule has 0 radical (unpaired) electrons. The summed E-state index contributed by atoms with van der Waals surface area (Å²) in [6.07, 6.45) is 0. The van der Waals surface area contributed by atoms with Crippen molar-refractivity contribution < 1.29 is 8.42 Å². The minimum Gasteiger partial charge on any atom is -0.224 e. The Morgan fingerprint density at radius 3 is 2.33 bits per heavy atom. The molecule has 0 bridgehead atoms. The van der Waals surface area contributed by atoms with Crippen molar-refractivity contribution in [3.63, 3.8) is 0 Å². The summed E-state index contributed by atoms with van der Waals surface area (Å²) in [6, 6.07) is 4.67. The molecule has 1 aromatic heterocycles. The maximum absolute atomic E-state index is 11.1. The second-order valence-corrected chi connectivity index (χ2v) is 6.54. The van der Waals surface area contributed by atoms with Gasteiger partial charge in [-0.05, 0) is 18.2 Å². The zero-order chi connectivity index (χ0) is 11.2. The van der Waals surface area contributed by atoms with Crippen LogP contribution in [0.15, 0.2) is 22.4 Å². The molecule has 15 heavy (non-hydrogen) atoms. The van der Waals surface area contributed by atoms with Crippen molar-refractivity contribution in [2.24, 2.45) is 5.14 Å². The molecule has 7 heteroatoms. The Hall–Kier alpha value is -0.330. The van der Waals surface area contributed by atoms with Crippen LogP contribution in [0.25, 0.3) is 10.1 Å². The van der Waals surface area contributed by atoms with Gasteiger partial charge in [0.2, 0.25) is 10.0 Å². The lowest BCUT2D eigenvalue weighted by molar-refractivity contribution is 0.600. The number of benzene rings is 1. The van der Waals surface area contributed by atoms with E-state index in [4.69, 9.17) is 28.3 Å².